The Morgan fingerprint density at radius 3 is 3.00 bits per heavy atom. The van der Waals surface area contributed by atoms with E-state index in [-0.39, 0.29) is 17.2 Å². The summed E-state index contributed by atoms with van der Waals surface area (Å²) >= 11 is 0. The Hall–Kier alpha value is -1.62. The summed E-state index contributed by atoms with van der Waals surface area (Å²) in [7, 11) is 0. The lowest BCUT2D eigenvalue weighted by molar-refractivity contribution is 0.0736. The van der Waals surface area contributed by atoms with Gasteiger partial charge in [0.2, 0.25) is 0 Å². The highest BCUT2D eigenvalue weighted by atomic mass is 19.1. The molecule has 21 heavy (non-hydrogen) atoms. The monoisotopic (exact) mass is 294 g/mol. The molecule has 1 aliphatic heterocycles. The molecule has 1 heterocycles. The number of unbranched alkanes of at least 4 members (excludes halogenated alkanes) is 1. The average molecular weight is 294 g/mol. The van der Waals surface area contributed by atoms with Crippen LogP contribution in [0.2, 0.25) is 0 Å². The molecule has 1 atom stereocenters. The van der Waals surface area contributed by atoms with E-state index in [0.717, 1.165) is 44.4 Å². The van der Waals surface area contributed by atoms with Gasteiger partial charge in [-0.3, -0.25) is 4.79 Å². The number of rotatable bonds is 6. The van der Waals surface area contributed by atoms with Crippen LogP contribution >= 0.6 is 0 Å². The van der Waals surface area contributed by atoms with E-state index >= 15 is 0 Å². The van der Waals surface area contributed by atoms with E-state index in [1.54, 1.807) is 4.90 Å². The molecular formula is C16H23FN2O2. The number of nitrogens with one attached hydrogen (secondary N) is 1. The first-order chi connectivity index (χ1) is 10.1. The van der Waals surface area contributed by atoms with Crippen molar-refractivity contribution in [1.29, 1.82) is 0 Å². The van der Waals surface area contributed by atoms with E-state index < -0.39 is 5.82 Å². The van der Waals surface area contributed by atoms with Crippen LogP contribution in [-0.4, -0.2) is 41.6 Å². The smallest absolute Gasteiger partial charge is 0.257 e. The summed E-state index contributed by atoms with van der Waals surface area (Å²) in [5.41, 5.74) is 0.0455. The molecule has 4 nitrogen and oxygen atoms in total. The number of amides is 1. The summed E-state index contributed by atoms with van der Waals surface area (Å²) in [6.07, 6.45) is 4.04. The van der Waals surface area contributed by atoms with Gasteiger partial charge in [-0.05, 0) is 44.0 Å². The summed E-state index contributed by atoms with van der Waals surface area (Å²) < 4.78 is 13.3. The second-order valence-electron chi connectivity index (χ2n) is 5.56. The number of benzene rings is 1. The van der Waals surface area contributed by atoms with E-state index in [9.17, 15) is 14.3 Å². The van der Waals surface area contributed by atoms with Gasteiger partial charge in [0.25, 0.3) is 5.91 Å². The van der Waals surface area contributed by atoms with Gasteiger partial charge in [0.05, 0.1) is 5.56 Å². The summed E-state index contributed by atoms with van der Waals surface area (Å²) in [5, 5.41) is 13.2. The molecule has 1 fully saturated rings. The minimum Gasteiger partial charge on any atom is -0.507 e. The highest BCUT2D eigenvalue weighted by molar-refractivity contribution is 5.96. The first-order valence-electron chi connectivity index (χ1n) is 7.63. The van der Waals surface area contributed by atoms with Gasteiger partial charge < -0.3 is 15.3 Å². The lowest BCUT2D eigenvalue weighted by Crippen LogP contribution is -2.41. The molecule has 116 valence electrons. The van der Waals surface area contributed by atoms with E-state index in [2.05, 4.69) is 12.2 Å². The molecule has 1 saturated heterocycles. The number of phenolic OH excluding ortho intramolecular Hbond substituents is 1. The van der Waals surface area contributed by atoms with Crippen molar-refractivity contribution in [3.63, 3.8) is 0 Å². The van der Waals surface area contributed by atoms with Crippen LogP contribution in [0.4, 0.5) is 4.39 Å². The van der Waals surface area contributed by atoms with E-state index in [0.29, 0.717) is 19.1 Å². The summed E-state index contributed by atoms with van der Waals surface area (Å²) in [4.78, 5) is 14.3. The molecule has 1 aromatic carbocycles. The predicted octanol–water partition coefficient (Wildman–Crippen LogP) is 2.53. The summed E-state index contributed by atoms with van der Waals surface area (Å²) in [6.45, 7) is 4.28. The lowest BCUT2D eigenvalue weighted by atomic mass is 10.1. The number of nitrogens with zero attached hydrogens (tertiary/aromatic N) is 1. The van der Waals surface area contributed by atoms with Gasteiger partial charge in [-0.25, -0.2) is 4.39 Å². The van der Waals surface area contributed by atoms with Crippen molar-refractivity contribution in [2.24, 2.45) is 0 Å². The van der Waals surface area contributed by atoms with Crippen molar-refractivity contribution >= 4 is 5.91 Å². The lowest BCUT2D eigenvalue weighted by Gasteiger charge is -2.26. The van der Waals surface area contributed by atoms with Gasteiger partial charge in [0.1, 0.15) is 11.6 Å². The fourth-order valence-electron chi connectivity index (χ4n) is 2.65. The van der Waals surface area contributed by atoms with Crippen LogP contribution < -0.4 is 5.32 Å². The van der Waals surface area contributed by atoms with Crippen LogP contribution in [0.5, 0.6) is 5.75 Å². The fraction of sp³-hybridized carbons (Fsp3) is 0.562. The minimum absolute atomic E-state index is 0.0455. The molecule has 2 rings (SSSR count). The highest BCUT2D eigenvalue weighted by Crippen LogP contribution is 2.21. The third-order valence-corrected chi connectivity index (χ3v) is 3.86. The van der Waals surface area contributed by atoms with Crippen molar-refractivity contribution in [3.05, 3.63) is 29.6 Å². The van der Waals surface area contributed by atoms with Gasteiger partial charge in [0.15, 0.2) is 0 Å². The summed E-state index contributed by atoms with van der Waals surface area (Å²) in [5.74, 6) is -0.970. The van der Waals surface area contributed by atoms with Crippen molar-refractivity contribution in [1.82, 2.24) is 10.2 Å². The molecule has 0 spiro atoms. The van der Waals surface area contributed by atoms with E-state index in [4.69, 9.17) is 0 Å². The molecule has 2 N–H and O–H groups in total. The van der Waals surface area contributed by atoms with Crippen LogP contribution in [0.3, 0.4) is 0 Å². The van der Waals surface area contributed by atoms with Crippen LogP contribution in [0.25, 0.3) is 0 Å². The third kappa shape index (κ3) is 4.17. The van der Waals surface area contributed by atoms with Crippen LogP contribution in [0, 0.1) is 5.82 Å². The highest BCUT2D eigenvalue weighted by Gasteiger charge is 2.24. The number of halogens is 1. The molecule has 0 saturated carbocycles. The normalized spacial score (nSPS) is 17.9. The Morgan fingerprint density at radius 2 is 2.33 bits per heavy atom. The second-order valence-corrected chi connectivity index (χ2v) is 5.56. The summed E-state index contributed by atoms with van der Waals surface area (Å²) in [6, 6.07) is 3.79. The number of carbonyl (C=O) groups excluding carboxylic acids is 1. The van der Waals surface area contributed by atoms with Crippen molar-refractivity contribution in [3.8, 4) is 5.75 Å². The van der Waals surface area contributed by atoms with Gasteiger partial charge >= 0.3 is 0 Å². The number of hydrogen-bond donors (Lipinski definition) is 2. The zero-order valence-electron chi connectivity index (χ0n) is 12.4. The first kappa shape index (κ1) is 15.8. The minimum atomic E-state index is -0.509. The number of phenols is 1. The Bertz CT molecular complexity index is 487. The molecule has 0 bridgehead atoms. The standard InChI is InChI=1S/C16H23FN2O2/c1-2-3-9-19(11-13-5-4-8-18-13)16(21)14-10-12(17)6-7-15(14)20/h6-7,10,13,18,20H,2-5,8-9,11H2,1H3. The maximum absolute atomic E-state index is 13.3. The molecule has 1 amide bonds. The maximum atomic E-state index is 13.3. The Labute approximate surface area is 125 Å². The van der Waals surface area contributed by atoms with Gasteiger partial charge in [-0.2, -0.15) is 0 Å². The zero-order chi connectivity index (χ0) is 15.2. The predicted molar refractivity (Wildman–Crippen MR) is 79.9 cm³/mol. The second kappa shape index (κ2) is 7.41. The van der Waals surface area contributed by atoms with E-state index in [1.807, 2.05) is 0 Å². The van der Waals surface area contributed by atoms with Crippen LogP contribution in [0.1, 0.15) is 43.0 Å². The van der Waals surface area contributed by atoms with Crippen LogP contribution in [0.15, 0.2) is 18.2 Å². The third-order valence-electron chi connectivity index (χ3n) is 3.86. The molecule has 0 radical (unpaired) electrons. The van der Waals surface area contributed by atoms with Gasteiger partial charge in [-0.15, -0.1) is 0 Å². The Balaban J connectivity index is 2.13. The SMILES string of the molecule is CCCCN(CC1CCCN1)C(=O)c1cc(F)ccc1O. The topological polar surface area (TPSA) is 52.6 Å². The molecular weight excluding hydrogens is 271 g/mol. The Kier molecular flexibility index (Phi) is 5.56. The quantitative estimate of drug-likeness (QED) is 0.847. The van der Waals surface area contributed by atoms with Gasteiger partial charge in [-0.1, -0.05) is 13.3 Å². The largest absolute Gasteiger partial charge is 0.507 e. The Morgan fingerprint density at radius 1 is 1.52 bits per heavy atom. The van der Waals surface area contributed by atoms with Crippen molar-refractivity contribution in [2.45, 2.75) is 38.6 Å². The molecule has 1 unspecified atom stereocenters. The van der Waals surface area contributed by atoms with Crippen molar-refractivity contribution < 1.29 is 14.3 Å². The molecule has 5 heteroatoms. The molecule has 1 aliphatic rings. The van der Waals surface area contributed by atoms with Gasteiger partial charge in [0, 0.05) is 19.1 Å². The number of hydrogen-bond acceptors (Lipinski definition) is 3. The molecule has 1 aromatic rings. The molecule has 0 aromatic heterocycles. The first-order valence-corrected chi connectivity index (χ1v) is 7.63. The maximum Gasteiger partial charge on any atom is 0.257 e. The van der Waals surface area contributed by atoms with E-state index in [1.165, 1.54) is 6.07 Å². The average Bonchev–Trinajstić information content (AvgIpc) is 2.98. The van der Waals surface area contributed by atoms with Crippen molar-refractivity contribution in [2.75, 3.05) is 19.6 Å². The number of aromatic hydroxyl groups is 1. The zero-order valence-corrected chi connectivity index (χ0v) is 12.4. The van der Waals surface area contributed by atoms with Crippen LogP contribution in [-0.2, 0) is 0 Å². The fourth-order valence-corrected chi connectivity index (χ4v) is 2.65. The molecule has 0 aliphatic carbocycles. The number of carbonyl (C=O) groups is 1.